The molecule has 2 saturated carbocycles. The van der Waals surface area contributed by atoms with Crippen LogP contribution in [0, 0.1) is 11.8 Å². The minimum absolute atomic E-state index is 0.00253. The summed E-state index contributed by atoms with van der Waals surface area (Å²) in [4.78, 5) is 37.4. The van der Waals surface area contributed by atoms with Crippen molar-refractivity contribution in [1.29, 1.82) is 0 Å². The third-order valence-corrected chi connectivity index (χ3v) is 7.11. The van der Waals surface area contributed by atoms with Gasteiger partial charge in [0.2, 0.25) is 0 Å². The molecule has 33 heavy (non-hydrogen) atoms. The Balaban J connectivity index is 1.18. The van der Waals surface area contributed by atoms with E-state index in [1.165, 1.54) is 0 Å². The predicted molar refractivity (Wildman–Crippen MR) is 122 cm³/mol. The molecule has 5 rings (SSSR count). The Kier molecular flexibility index (Phi) is 6.16. The Morgan fingerprint density at radius 3 is 2.09 bits per heavy atom. The van der Waals surface area contributed by atoms with Crippen molar-refractivity contribution < 1.29 is 23.9 Å². The van der Waals surface area contributed by atoms with Crippen LogP contribution < -0.4 is 5.32 Å². The van der Waals surface area contributed by atoms with Crippen LogP contribution in [-0.2, 0) is 19.1 Å². The number of fused-ring (bicyclic) bond motifs is 3. The maximum absolute atomic E-state index is 12.6. The number of benzene rings is 2. The number of hydrogen-bond donors (Lipinski definition) is 1. The first-order valence-corrected chi connectivity index (χ1v) is 12.0. The second kappa shape index (κ2) is 9.38. The first kappa shape index (κ1) is 21.7. The molecular weight excluding hydrogens is 418 g/mol. The SMILES string of the molecule is O=C(CC1CCCC1)OC(=O)C(NC(=O)OCC1c2ccccc2-c2ccccc21)C1CC1. The minimum Gasteiger partial charge on any atom is -0.449 e. The fourth-order valence-corrected chi connectivity index (χ4v) is 5.23. The molecule has 3 aliphatic rings. The molecule has 3 aliphatic carbocycles. The number of hydrogen-bond acceptors (Lipinski definition) is 5. The largest absolute Gasteiger partial charge is 0.449 e. The monoisotopic (exact) mass is 447 g/mol. The van der Waals surface area contributed by atoms with Gasteiger partial charge < -0.3 is 14.8 Å². The molecule has 6 heteroatoms. The van der Waals surface area contributed by atoms with Gasteiger partial charge in [0, 0.05) is 12.3 Å². The Labute approximate surface area is 193 Å². The summed E-state index contributed by atoms with van der Waals surface area (Å²) in [5, 5.41) is 2.66. The molecule has 1 amide bonds. The lowest BCUT2D eigenvalue weighted by atomic mass is 9.98. The highest BCUT2D eigenvalue weighted by Gasteiger charge is 2.40. The number of amides is 1. The third kappa shape index (κ3) is 4.80. The first-order chi connectivity index (χ1) is 16.1. The van der Waals surface area contributed by atoms with Crippen LogP contribution in [0.1, 0.15) is 62.0 Å². The summed E-state index contributed by atoms with van der Waals surface area (Å²) in [6, 6.07) is 15.4. The van der Waals surface area contributed by atoms with Crippen LogP contribution in [0.25, 0.3) is 11.1 Å². The molecular formula is C27H29NO5. The molecule has 0 aromatic heterocycles. The summed E-state index contributed by atoms with van der Waals surface area (Å²) in [5.74, 6) is -0.916. The molecule has 172 valence electrons. The normalized spacial score (nSPS) is 18.3. The predicted octanol–water partition coefficient (Wildman–Crippen LogP) is 4.95. The maximum Gasteiger partial charge on any atom is 0.407 e. The molecule has 6 nitrogen and oxygen atoms in total. The zero-order chi connectivity index (χ0) is 22.8. The van der Waals surface area contributed by atoms with Crippen molar-refractivity contribution in [3.8, 4) is 11.1 Å². The van der Waals surface area contributed by atoms with Crippen molar-refractivity contribution in [3.05, 3.63) is 59.7 Å². The molecule has 1 N–H and O–H groups in total. The smallest absolute Gasteiger partial charge is 0.407 e. The van der Waals surface area contributed by atoms with Gasteiger partial charge in [-0.3, -0.25) is 4.79 Å². The van der Waals surface area contributed by atoms with Crippen LogP contribution in [-0.4, -0.2) is 30.7 Å². The highest BCUT2D eigenvalue weighted by molar-refractivity contribution is 5.91. The molecule has 0 heterocycles. The summed E-state index contributed by atoms with van der Waals surface area (Å²) >= 11 is 0. The van der Waals surface area contributed by atoms with Gasteiger partial charge in [-0.15, -0.1) is 0 Å². The van der Waals surface area contributed by atoms with Crippen molar-refractivity contribution >= 4 is 18.0 Å². The third-order valence-electron chi connectivity index (χ3n) is 7.11. The van der Waals surface area contributed by atoms with Crippen molar-refractivity contribution in [2.24, 2.45) is 11.8 Å². The number of alkyl carbamates (subject to hydrolysis) is 1. The van der Waals surface area contributed by atoms with Gasteiger partial charge in [0.1, 0.15) is 12.6 Å². The summed E-state index contributed by atoms with van der Waals surface area (Å²) in [7, 11) is 0. The number of rotatable bonds is 7. The van der Waals surface area contributed by atoms with Gasteiger partial charge in [-0.2, -0.15) is 0 Å². The van der Waals surface area contributed by atoms with Crippen LogP contribution in [0.3, 0.4) is 0 Å². The zero-order valence-corrected chi connectivity index (χ0v) is 18.6. The first-order valence-electron chi connectivity index (χ1n) is 12.0. The molecule has 0 bridgehead atoms. The highest BCUT2D eigenvalue weighted by atomic mass is 16.6. The lowest BCUT2D eigenvalue weighted by molar-refractivity contribution is -0.162. The van der Waals surface area contributed by atoms with E-state index in [1.807, 2.05) is 24.3 Å². The Morgan fingerprint density at radius 1 is 0.879 bits per heavy atom. The van der Waals surface area contributed by atoms with Crippen molar-refractivity contribution in [3.63, 3.8) is 0 Å². The summed E-state index contributed by atoms with van der Waals surface area (Å²) in [6.07, 6.45) is 5.52. The van der Waals surface area contributed by atoms with Gasteiger partial charge in [-0.1, -0.05) is 61.4 Å². The molecule has 1 unspecified atom stereocenters. The van der Waals surface area contributed by atoms with E-state index >= 15 is 0 Å². The van der Waals surface area contributed by atoms with E-state index in [1.54, 1.807) is 0 Å². The van der Waals surface area contributed by atoms with Crippen molar-refractivity contribution in [1.82, 2.24) is 5.32 Å². The quantitative estimate of drug-likeness (QED) is 0.480. The fraction of sp³-hybridized carbons (Fsp3) is 0.444. The number of ether oxygens (including phenoxy) is 2. The number of carbonyl (C=O) groups excluding carboxylic acids is 3. The molecule has 2 fully saturated rings. The van der Waals surface area contributed by atoms with Crippen LogP contribution in [0.5, 0.6) is 0 Å². The molecule has 0 aliphatic heterocycles. The van der Waals surface area contributed by atoms with E-state index in [0.717, 1.165) is 60.8 Å². The lowest BCUT2D eigenvalue weighted by Crippen LogP contribution is -2.44. The second-order valence-electron chi connectivity index (χ2n) is 9.43. The van der Waals surface area contributed by atoms with Gasteiger partial charge in [-0.05, 0) is 59.8 Å². The van der Waals surface area contributed by atoms with Crippen molar-refractivity contribution in [2.45, 2.75) is 56.9 Å². The molecule has 0 radical (unpaired) electrons. The summed E-state index contributed by atoms with van der Waals surface area (Å²) < 4.78 is 10.7. The molecule has 2 aromatic carbocycles. The van der Waals surface area contributed by atoms with Crippen molar-refractivity contribution in [2.75, 3.05) is 6.61 Å². The Bertz CT molecular complexity index is 1010. The van der Waals surface area contributed by atoms with Gasteiger partial charge in [0.15, 0.2) is 0 Å². The number of nitrogens with one attached hydrogen (secondary N) is 1. The van der Waals surface area contributed by atoms with E-state index in [0.29, 0.717) is 5.92 Å². The highest BCUT2D eigenvalue weighted by Crippen LogP contribution is 2.44. The van der Waals surface area contributed by atoms with Crippen LogP contribution >= 0.6 is 0 Å². The van der Waals surface area contributed by atoms with Gasteiger partial charge in [-0.25, -0.2) is 9.59 Å². The number of carbonyl (C=O) groups is 3. The standard InChI is InChI=1S/C27H29NO5/c29-24(15-17-7-1-2-8-17)33-26(30)25(18-13-14-18)28-27(31)32-16-23-21-11-5-3-9-19(21)20-10-4-6-12-22(20)23/h3-6,9-12,17-18,23,25H,1-2,7-8,13-16H2,(H,28,31). The average Bonchev–Trinajstić information content (AvgIpc) is 3.44. The second-order valence-corrected chi connectivity index (χ2v) is 9.43. The van der Waals surface area contributed by atoms with Crippen LogP contribution in [0.4, 0.5) is 4.79 Å². The summed E-state index contributed by atoms with van der Waals surface area (Å²) in [6.45, 7) is 0.174. The summed E-state index contributed by atoms with van der Waals surface area (Å²) in [5.41, 5.74) is 4.56. The van der Waals surface area contributed by atoms with Gasteiger partial charge >= 0.3 is 18.0 Å². The average molecular weight is 448 g/mol. The molecule has 0 spiro atoms. The van der Waals surface area contributed by atoms with E-state index in [9.17, 15) is 14.4 Å². The minimum atomic E-state index is -0.840. The van der Waals surface area contributed by atoms with Crippen LogP contribution in [0.15, 0.2) is 48.5 Å². The maximum atomic E-state index is 12.6. The van der Waals surface area contributed by atoms with Crippen LogP contribution in [0.2, 0.25) is 0 Å². The fourth-order valence-electron chi connectivity index (χ4n) is 5.23. The van der Waals surface area contributed by atoms with E-state index in [4.69, 9.17) is 9.47 Å². The molecule has 0 saturated heterocycles. The zero-order valence-electron chi connectivity index (χ0n) is 18.6. The van der Waals surface area contributed by atoms with E-state index in [2.05, 4.69) is 29.6 Å². The van der Waals surface area contributed by atoms with E-state index in [-0.39, 0.29) is 24.9 Å². The number of esters is 2. The van der Waals surface area contributed by atoms with Gasteiger partial charge in [0.05, 0.1) is 0 Å². The Morgan fingerprint density at radius 2 is 1.48 bits per heavy atom. The van der Waals surface area contributed by atoms with E-state index < -0.39 is 24.1 Å². The molecule has 2 aromatic rings. The molecule has 1 atom stereocenters. The van der Waals surface area contributed by atoms with Gasteiger partial charge in [0.25, 0.3) is 0 Å². The lowest BCUT2D eigenvalue weighted by Gasteiger charge is -2.19. The Hall–Kier alpha value is -3.15. The topological polar surface area (TPSA) is 81.7 Å².